The molecule has 0 radical (unpaired) electrons. The maximum absolute atomic E-state index is 14.1. The van der Waals surface area contributed by atoms with Crippen molar-refractivity contribution in [2.45, 2.75) is 75.0 Å². The molecule has 3 N–H and O–H groups in total. The minimum atomic E-state index is -4.69. The highest BCUT2D eigenvalue weighted by atomic mass is 35.5. The smallest absolute Gasteiger partial charge is 0.418 e. The molecule has 1 aromatic heterocycles. The van der Waals surface area contributed by atoms with Gasteiger partial charge in [-0.05, 0) is 69.4 Å². The van der Waals surface area contributed by atoms with Crippen LogP contribution in [-0.4, -0.2) is 44.3 Å². The molecular formula is C26H28ClF4N3O3. The van der Waals surface area contributed by atoms with Crippen LogP contribution in [0.15, 0.2) is 36.4 Å². The van der Waals surface area contributed by atoms with E-state index in [-0.39, 0.29) is 59.8 Å². The molecule has 0 unspecified atom stereocenters. The number of benzene rings is 2. The van der Waals surface area contributed by atoms with E-state index in [1.165, 1.54) is 35.0 Å². The molecule has 0 spiro atoms. The minimum absolute atomic E-state index is 0.00605. The van der Waals surface area contributed by atoms with E-state index >= 15 is 0 Å². The molecule has 2 aromatic carbocycles. The van der Waals surface area contributed by atoms with Crippen molar-refractivity contribution in [1.82, 2.24) is 15.1 Å². The van der Waals surface area contributed by atoms with Crippen LogP contribution in [0.2, 0.25) is 5.15 Å². The summed E-state index contributed by atoms with van der Waals surface area (Å²) in [5, 5.41) is 28.9. The molecule has 2 fully saturated rings. The summed E-state index contributed by atoms with van der Waals surface area (Å²) in [5.74, 6) is -0.429. The van der Waals surface area contributed by atoms with Crippen molar-refractivity contribution in [1.29, 1.82) is 0 Å². The maximum Gasteiger partial charge on any atom is 0.418 e. The van der Waals surface area contributed by atoms with Crippen LogP contribution in [-0.2, 0) is 11.8 Å². The highest BCUT2D eigenvalue weighted by Gasteiger charge is 2.43. The summed E-state index contributed by atoms with van der Waals surface area (Å²) < 4.78 is 62.8. The molecule has 6 nitrogen and oxygen atoms in total. The number of aliphatic hydroxyl groups is 2. The van der Waals surface area contributed by atoms with Crippen LogP contribution in [0.25, 0.3) is 10.9 Å². The number of nitrogens with one attached hydrogen (secondary N) is 1. The average molecular weight is 542 g/mol. The van der Waals surface area contributed by atoms with Crippen LogP contribution < -0.4 is 10.1 Å². The predicted octanol–water partition coefficient (Wildman–Crippen LogP) is 5.34. The second-order valence-electron chi connectivity index (χ2n) is 10.7. The van der Waals surface area contributed by atoms with E-state index in [2.05, 4.69) is 10.4 Å². The number of rotatable bonds is 5. The van der Waals surface area contributed by atoms with Gasteiger partial charge >= 0.3 is 6.18 Å². The third-order valence-corrected chi connectivity index (χ3v) is 7.59. The molecule has 37 heavy (non-hydrogen) atoms. The van der Waals surface area contributed by atoms with Crippen LogP contribution in [0.1, 0.15) is 56.7 Å². The van der Waals surface area contributed by atoms with Gasteiger partial charge in [0.1, 0.15) is 18.2 Å². The molecule has 3 aromatic rings. The molecule has 2 aliphatic rings. The van der Waals surface area contributed by atoms with Gasteiger partial charge in [-0.15, -0.1) is 0 Å². The fourth-order valence-corrected chi connectivity index (χ4v) is 5.95. The highest BCUT2D eigenvalue weighted by Crippen LogP contribution is 2.46. The van der Waals surface area contributed by atoms with Gasteiger partial charge in [0, 0.05) is 17.5 Å². The van der Waals surface area contributed by atoms with Crippen molar-refractivity contribution in [3.63, 3.8) is 0 Å². The van der Waals surface area contributed by atoms with Gasteiger partial charge in [0.15, 0.2) is 5.15 Å². The fraction of sp³-hybridized carbons (Fsp3) is 0.500. The summed E-state index contributed by atoms with van der Waals surface area (Å²) in [7, 11) is 0. The van der Waals surface area contributed by atoms with Gasteiger partial charge in [-0.25, -0.2) is 4.39 Å². The standard InChI is InChI=1S/C26H28ClF4N3O3/c1-14-9-25(36,15-3-5-16(28)6-4-15)10-17(32-14)13-37-19-7-20-22(21(8-19)26(29,30)31)34(33-23(20)27)18-11-24(2,35)12-18/h3-8,14,17-18,32,35-36H,9-13H2,1-2H3/t14-,17-,18?,24?,25-/m0/s1. The summed E-state index contributed by atoms with van der Waals surface area (Å²) >= 11 is 6.26. The number of ether oxygens (including phenoxy) is 1. The Bertz CT molecular complexity index is 1300. The normalized spacial score (nSPS) is 30.4. The maximum atomic E-state index is 14.1. The lowest BCUT2D eigenvalue weighted by atomic mass is 9.77. The first-order chi connectivity index (χ1) is 17.2. The van der Waals surface area contributed by atoms with Gasteiger partial charge in [-0.2, -0.15) is 18.3 Å². The van der Waals surface area contributed by atoms with Crippen LogP contribution in [0.5, 0.6) is 5.75 Å². The van der Waals surface area contributed by atoms with Gasteiger partial charge in [-0.1, -0.05) is 23.7 Å². The molecule has 1 aliphatic carbocycles. The Labute approximate surface area is 216 Å². The van der Waals surface area contributed by atoms with E-state index in [0.29, 0.717) is 12.0 Å². The first kappa shape index (κ1) is 26.2. The Morgan fingerprint density at radius 3 is 2.43 bits per heavy atom. The van der Waals surface area contributed by atoms with Crippen LogP contribution in [0.4, 0.5) is 17.6 Å². The Hall–Kier alpha value is -2.40. The molecular weight excluding hydrogens is 514 g/mol. The number of nitrogens with zero attached hydrogens (tertiary/aromatic N) is 2. The number of hydrogen-bond donors (Lipinski definition) is 3. The number of hydrogen-bond acceptors (Lipinski definition) is 5. The summed E-state index contributed by atoms with van der Waals surface area (Å²) in [6.07, 6.45) is -3.51. The molecule has 1 saturated carbocycles. The van der Waals surface area contributed by atoms with Gasteiger partial charge in [0.2, 0.25) is 0 Å². The van der Waals surface area contributed by atoms with Gasteiger partial charge in [-0.3, -0.25) is 4.68 Å². The number of fused-ring (bicyclic) bond motifs is 1. The number of aromatic nitrogens is 2. The second kappa shape index (κ2) is 9.11. The third-order valence-electron chi connectivity index (χ3n) is 7.31. The van der Waals surface area contributed by atoms with E-state index in [0.717, 1.165) is 6.07 Å². The lowest BCUT2D eigenvalue weighted by molar-refractivity contribution is -0.136. The zero-order valence-corrected chi connectivity index (χ0v) is 21.1. The summed E-state index contributed by atoms with van der Waals surface area (Å²) in [4.78, 5) is 0. The minimum Gasteiger partial charge on any atom is -0.492 e. The van der Waals surface area contributed by atoms with Crippen molar-refractivity contribution in [3.8, 4) is 5.75 Å². The predicted molar refractivity (Wildman–Crippen MR) is 130 cm³/mol. The third kappa shape index (κ3) is 5.16. The van der Waals surface area contributed by atoms with Crippen LogP contribution in [0.3, 0.4) is 0 Å². The molecule has 0 bridgehead atoms. The zero-order valence-electron chi connectivity index (χ0n) is 20.3. The Morgan fingerprint density at radius 1 is 1.14 bits per heavy atom. The monoisotopic (exact) mass is 541 g/mol. The lowest BCUT2D eigenvalue weighted by Crippen LogP contribution is -2.53. The van der Waals surface area contributed by atoms with Crippen molar-refractivity contribution >= 4 is 22.5 Å². The SMILES string of the molecule is C[C@H]1C[C@@](O)(c2ccc(F)cc2)C[C@@H](COc2cc(C(F)(F)F)c3c(c2)c(Cl)nn3C2CC(C)(O)C2)N1. The van der Waals surface area contributed by atoms with Crippen LogP contribution in [0, 0.1) is 5.82 Å². The van der Waals surface area contributed by atoms with Crippen molar-refractivity contribution in [3.05, 3.63) is 58.5 Å². The summed E-state index contributed by atoms with van der Waals surface area (Å²) in [5.41, 5.74) is -2.67. The summed E-state index contributed by atoms with van der Waals surface area (Å²) in [6.45, 7) is 3.51. The van der Waals surface area contributed by atoms with Crippen molar-refractivity contribution in [2.24, 2.45) is 0 Å². The average Bonchev–Trinajstić information content (AvgIpc) is 3.10. The Morgan fingerprint density at radius 2 is 1.81 bits per heavy atom. The first-order valence-corrected chi connectivity index (χ1v) is 12.5. The first-order valence-electron chi connectivity index (χ1n) is 12.1. The molecule has 3 atom stereocenters. The largest absolute Gasteiger partial charge is 0.492 e. The van der Waals surface area contributed by atoms with Crippen molar-refractivity contribution < 1.29 is 32.5 Å². The topological polar surface area (TPSA) is 79.5 Å². The van der Waals surface area contributed by atoms with Crippen molar-refractivity contribution in [2.75, 3.05) is 6.61 Å². The second-order valence-corrected chi connectivity index (χ2v) is 11.0. The molecule has 2 heterocycles. The summed E-state index contributed by atoms with van der Waals surface area (Å²) in [6, 6.07) is 7.14. The highest BCUT2D eigenvalue weighted by molar-refractivity contribution is 6.34. The number of alkyl halides is 3. The molecule has 1 aliphatic heterocycles. The molecule has 11 heteroatoms. The van der Waals surface area contributed by atoms with E-state index in [9.17, 15) is 27.8 Å². The van der Waals surface area contributed by atoms with E-state index in [4.69, 9.17) is 16.3 Å². The van der Waals surface area contributed by atoms with Gasteiger partial charge in [0.25, 0.3) is 0 Å². The quantitative estimate of drug-likeness (QED) is 0.380. The molecule has 0 amide bonds. The lowest BCUT2D eigenvalue weighted by Gasteiger charge is -2.41. The Balaban J connectivity index is 1.40. The van der Waals surface area contributed by atoms with Crippen LogP contribution >= 0.6 is 11.6 Å². The molecule has 5 rings (SSSR count). The Kier molecular flexibility index (Phi) is 6.46. The van der Waals surface area contributed by atoms with Gasteiger partial charge < -0.3 is 20.3 Å². The molecule has 200 valence electrons. The fourth-order valence-electron chi connectivity index (χ4n) is 5.72. The van der Waals surface area contributed by atoms with E-state index in [1.807, 2.05) is 6.92 Å². The number of piperidine rings is 1. The number of halogens is 5. The zero-order chi connectivity index (χ0) is 26.8. The van der Waals surface area contributed by atoms with E-state index < -0.39 is 34.8 Å². The van der Waals surface area contributed by atoms with Gasteiger partial charge in [0.05, 0.1) is 28.3 Å². The molecule has 1 saturated heterocycles. The van der Waals surface area contributed by atoms with E-state index in [1.54, 1.807) is 6.92 Å².